The minimum absolute atomic E-state index is 0.0161. The van der Waals surface area contributed by atoms with Crippen molar-refractivity contribution in [2.45, 2.75) is 45.4 Å². The maximum atomic E-state index is 11.4. The molecule has 122 valence electrons. The number of ketones is 1. The van der Waals surface area contributed by atoms with Gasteiger partial charge in [-0.05, 0) is 19.8 Å². The zero-order valence-electron chi connectivity index (χ0n) is 12.9. The molecule has 0 saturated heterocycles. The number of amides is 1. The van der Waals surface area contributed by atoms with Crippen LogP contribution in [0.3, 0.4) is 0 Å². The molecule has 6 nitrogen and oxygen atoms in total. The van der Waals surface area contributed by atoms with Crippen molar-refractivity contribution in [1.82, 2.24) is 5.32 Å². The first-order valence-electron chi connectivity index (χ1n) is 7.52. The van der Waals surface area contributed by atoms with Crippen LogP contribution in [0.2, 0.25) is 0 Å². The third kappa shape index (κ3) is 16.7. The molecule has 0 aromatic heterocycles. The van der Waals surface area contributed by atoms with E-state index in [4.69, 9.17) is 9.47 Å². The number of Topliss-reactive ketones (excluding diaryl/α,β-unsaturated/α-hetero) is 1. The van der Waals surface area contributed by atoms with Gasteiger partial charge in [-0.25, -0.2) is 0 Å². The molecule has 21 heavy (non-hydrogen) atoms. The average Bonchev–Trinajstić information content (AvgIpc) is 2.45. The van der Waals surface area contributed by atoms with Crippen molar-refractivity contribution in [3.8, 4) is 0 Å². The first-order chi connectivity index (χ1) is 10.2. The first-order valence-corrected chi connectivity index (χ1v) is 7.52. The molecular formula is C15H27NO5. The van der Waals surface area contributed by atoms with E-state index in [1.54, 1.807) is 0 Å². The Morgan fingerprint density at radius 3 is 2.33 bits per heavy atom. The predicted octanol–water partition coefficient (Wildman–Crippen LogP) is 1.26. The molecule has 0 aliphatic heterocycles. The Hall–Kier alpha value is -1.27. The van der Waals surface area contributed by atoms with Crippen LogP contribution < -0.4 is 5.32 Å². The Kier molecular flexibility index (Phi) is 14.2. The topological polar surface area (TPSA) is 81.7 Å². The Morgan fingerprint density at radius 1 is 0.952 bits per heavy atom. The van der Waals surface area contributed by atoms with Gasteiger partial charge in [-0.3, -0.25) is 9.59 Å². The highest BCUT2D eigenvalue weighted by Crippen LogP contribution is 2.01. The van der Waals surface area contributed by atoms with Crippen molar-refractivity contribution in [3.63, 3.8) is 0 Å². The molecule has 0 bridgehead atoms. The number of unbranched alkanes of at least 4 members (excludes halogenated alkanes) is 3. The Morgan fingerprint density at radius 2 is 1.67 bits per heavy atom. The lowest BCUT2D eigenvalue weighted by Crippen LogP contribution is -2.27. The fourth-order valence-electron chi connectivity index (χ4n) is 1.58. The third-order valence-electron chi connectivity index (χ3n) is 2.76. The number of carbonyl (C=O) groups excluding carboxylic acids is 3. The van der Waals surface area contributed by atoms with Gasteiger partial charge < -0.3 is 19.6 Å². The number of carbonyl (C=O) groups is 3. The molecule has 0 aliphatic carbocycles. The van der Waals surface area contributed by atoms with E-state index < -0.39 is 0 Å². The summed E-state index contributed by atoms with van der Waals surface area (Å²) in [6, 6.07) is 0. The number of ether oxygens (including phenoxy) is 2. The zero-order chi connectivity index (χ0) is 15.8. The standard InChI is InChI=1S/C15H27NO5/c1-14(18)7-10-20-12-13-21-11-8-16-15(19)6-4-2-3-5-9-17/h9H,2-8,10-13H2,1H3,(H,16,19). The molecule has 0 radical (unpaired) electrons. The summed E-state index contributed by atoms with van der Waals surface area (Å²) in [6.45, 7) is 3.81. The van der Waals surface area contributed by atoms with Gasteiger partial charge >= 0.3 is 0 Å². The van der Waals surface area contributed by atoms with Gasteiger partial charge in [0.15, 0.2) is 0 Å². The van der Waals surface area contributed by atoms with E-state index in [1.807, 2.05) is 0 Å². The lowest BCUT2D eigenvalue weighted by Gasteiger charge is -2.07. The van der Waals surface area contributed by atoms with Crippen LogP contribution in [-0.4, -0.2) is 50.9 Å². The summed E-state index contributed by atoms with van der Waals surface area (Å²) in [5.74, 6) is 0.132. The van der Waals surface area contributed by atoms with Gasteiger partial charge in [0.25, 0.3) is 0 Å². The molecular weight excluding hydrogens is 274 g/mol. The largest absolute Gasteiger partial charge is 0.379 e. The van der Waals surface area contributed by atoms with Gasteiger partial charge in [0, 0.05) is 25.8 Å². The summed E-state index contributed by atoms with van der Waals surface area (Å²) >= 11 is 0. The summed E-state index contributed by atoms with van der Waals surface area (Å²) in [5, 5.41) is 2.77. The van der Waals surface area contributed by atoms with Gasteiger partial charge in [0.05, 0.1) is 26.4 Å². The van der Waals surface area contributed by atoms with E-state index in [0.717, 1.165) is 25.5 Å². The number of rotatable bonds is 15. The highest BCUT2D eigenvalue weighted by Gasteiger charge is 2.00. The minimum Gasteiger partial charge on any atom is -0.379 e. The van der Waals surface area contributed by atoms with Crippen molar-refractivity contribution < 1.29 is 23.9 Å². The molecule has 1 amide bonds. The quantitative estimate of drug-likeness (QED) is 0.364. The second-order valence-corrected chi connectivity index (χ2v) is 4.79. The first kappa shape index (κ1) is 19.7. The highest BCUT2D eigenvalue weighted by atomic mass is 16.5. The minimum atomic E-state index is 0.0161. The van der Waals surface area contributed by atoms with Gasteiger partial charge in [-0.15, -0.1) is 0 Å². The monoisotopic (exact) mass is 301 g/mol. The second kappa shape index (κ2) is 15.1. The van der Waals surface area contributed by atoms with E-state index in [-0.39, 0.29) is 11.7 Å². The van der Waals surface area contributed by atoms with Crippen molar-refractivity contribution in [2.75, 3.05) is 33.0 Å². The van der Waals surface area contributed by atoms with E-state index in [2.05, 4.69) is 5.32 Å². The van der Waals surface area contributed by atoms with E-state index in [0.29, 0.717) is 52.2 Å². The molecule has 0 aromatic carbocycles. The third-order valence-corrected chi connectivity index (χ3v) is 2.76. The maximum absolute atomic E-state index is 11.4. The van der Waals surface area contributed by atoms with Crippen LogP contribution in [0.4, 0.5) is 0 Å². The highest BCUT2D eigenvalue weighted by molar-refractivity contribution is 5.75. The fraction of sp³-hybridized carbons (Fsp3) is 0.800. The fourth-order valence-corrected chi connectivity index (χ4v) is 1.58. The van der Waals surface area contributed by atoms with E-state index >= 15 is 0 Å². The molecule has 0 aromatic rings. The number of hydrogen-bond acceptors (Lipinski definition) is 5. The molecule has 0 heterocycles. The van der Waals surface area contributed by atoms with Gasteiger partial charge in [-0.1, -0.05) is 6.42 Å². The number of nitrogens with one attached hydrogen (secondary N) is 1. The SMILES string of the molecule is CC(=O)CCOCCOCCNC(=O)CCCCCC=O. The molecule has 0 saturated carbocycles. The summed E-state index contributed by atoms with van der Waals surface area (Å²) in [6.07, 6.45) is 4.97. The van der Waals surface area contributed by atoms with Crippen LogP contribution in [0.5, 0.6) is 0 Å². The summed E-state index contributed by atoms with van der Waals surface area (Å²) in [7, 11) is 0. The van der Waals surface area contributed by atoms with Crippen LogP contribution in [0, 0.1) is 0 Å². The van der Waals surface area contributed by atoms with E-state index in [9.17, 15) is 14.4 Å². The van der Waals surface area contributed by atoms with Crippen LogP contribution in [-0.2, 0) is 23.9 Å². The molecule has 0 aliphatic rings. The van der Waals surface area contributed by atoms with Gasteiger partial charge in [0.1, 0.15) is 12.1 Å². The van der Waals surface area contributed by atoms with Crippen molar-refractivity contribution >= 4 is 18.0 Å². The average molecular weight is 301 g/mol. The Bertz CT molecular complexity index is 294. The molecule has 1 N–H and O–H groups in total. The molecule has 0 spiro atoms. The number of aldehydes is 1. The molecule has 0 rings (SSSR count). The smallest absolute Gasteiger partial charge is 0.220 e. The van der Waals surface area contributed by atoms with Crippen LogP contribution in [0.1, 0.15) is 45.4 Å². The maximum Gasteiger partial charge on any atom is 0.220 e. The van der Waals surface area contributed by atoms with Crippen LogP contribution >= 0.6 is 0 Å². The lowest BCUT2D eigenvalue weighted by atomic mass is 10.1. The summed E-state index contributed by atoms with van der Waals surface area (Å²) < 4.78 is 10.5. The number of hydrogen-bond donors (Lipinski definition) is 1. The molecule has 0 unspecified atom stereocenters. The van der Waals surface area contributed by atoms with Gasteiger partial charge in [0.2, 0.25) is 5.91 Å². The van der Waals surface area contributed by atoms with Crippen molar-refractivity contribution in [3.05, 3.63) is 0 Å². The molecule has 0 fully saturated rings. The molecule has 6 heteroatoms. The Balaban J connectivity index is 3.17. The van der Waals surface area contributed by atoms with Crippen LogP contribution in [0.25, 0.3) is 0 Å². The zero-order valence-corrected chi connectivity index (χ0v) is 12.9. The van der Waals surface area contributed by atoms with Crippen molar-refractivity contribution in [1.29, 1.82) is 0 Å². The van der Waals surface area contributed by atoms with E-state index in [1.165, 1.54) is 6.92 Å². The lowest BCUT2D eigenvalue weighted by molar-refractivity contribution is -0.121. The van der Waals surface area contributed by atoms with Crippen LogP contribution in [0.15, 0.2) is 0 Å². The molecule has 0 atom stereocenters. The second-order valence-electron chi connectivity index (χ2n) is 4.79. The van der Waals surface area contributed by atoms with Crippen molar-refractivity contribution in [2.24, 2.45) is 0 Å². The normalized spacial score (nSPS) is 10.3. The summed E-state index contributed by atoms with van der Waals surface area (Å²) in [5.41, 5.74) is 0. The Labute approximate surface area is 126 Å². The van der Waals surface area contributed by atoms with Gasteiger partial charge in [-0.2, -0.15) is 0 Å². The predicted molar refractivity (Wildman–Crippen MR) is 79.1 cm³/mol. The summed E-state index contributed by atoms with van der Waals surface area (Å²) in [4.78, 5) is 32.2.